The molecule has 0 radical (unpaired) electrons. The van der Waals surface area contributed by atoms with Gasteiger partial charge in [-0.25, -0.2) is 0 Å². The van der Waals surface area contributed by atoms with Crippen molar-refractivity contribution in [1.29, 1.82) is 0 Å². The number of piperidine rings is 1. The van der Waals surface area contributed by atoms with Crippen LogP contribution in [0.5, 0.6) is 0 Å². The molecule has 4 heteroatoms. The van der Waals surface area contributed by atoms with Gasteiger partial charge in [0.25, 0.3) is 0 Å². The number of hydrogen-bond acceptors (Lipinski definition) is 2. The Labute approximate surface area is 90.2 Å². The number of halogens is 2. The topological polar surface area (TPSA) is 20.3 Å². The van der Waals surface area contributed by atoms with Crippen LogP contribution >= 0.6 is 23.2 Å². The second kappa shape index (κ2) is 7.60. The molecule has 0 amide bonds. The molecule has 0 aromatic rings. The number of rotatable bonds is 1. The SMILES string of the molecule is CCC(Cl)Cl.CN1CCC(=O)CC1. The normalized spacial score (nSPS) is 18.4. The highest BCUT2D eigenvalue weighted by molar-refractivity contribution is 6.44. The molecule has 1 heterocycles. The van der Waals surface area contributed by atoms with Gasteiger partial charge in [0.05, 0.1) is 0 Å². The maximum atomic E-state index is 10.6. The molecule has 1 aliphatic heterocycles. The van der Waals surface area contributed by atoms with Crippen LogP contribution in [0, 0.1) is 0 Å². The Morgan fingerprint density at radius 1 is 1.38 bits per heavy atom. The summed E-state index contributed by atoms with van der Waals surface area (Å²) >= 11 is 10.5. The summed E-state index contributed by atoms with van der Waals surface area (Å²) in [6.07, 6.45) is 2.36. The van der Waals surface area contributed by atoms with E-state index in [0.717, 1.165) is 32.4 Å². The van der Waals surface area contributed by atoms with E-state index in [1.807, 2.05) is 14.0 Å². The molecule has 2 nitrogen and oxygen atoms in total. The minimum absolute atomic E-state index is 0.171. The van der Waals surface area contributed by atoms with E-state index >= 15 is 0 Å². The lowest BCUT2D eigenvalue weighted by atomic mass is 10.1. The molecule has 0 N–H and O–H groups in total. The molecule has 0 atom stereocenters. The fraction of sp³-hybridized carbons (Fsp3) is 0.889. The minimum atomic E-state index is -0.171. The number of hydrogen-bond donors (Lipinski definition) is 0. The van der Waals surface area contributed by atoms with Gasteiger partial charge in [0.2, 0.25) is 0 Å². The number of Topliss-reactive ketones (excluding diaryl/α,β-unsaturated/α-hetero) is 1. The molecule has 1 aliphatic rings. The van der Waals surface area contributed by atoms with Gasteiger partial charge in [0.15, 0.2) is 0 Å². The predicted octanol–water partition coefficient (Wildman–Crippen LogP) is 2.48. The van der Waals surface area contributed by atoms with Crippen LogP contribution in [0.1, 0.15) is 26.2 Å². The Kier molecular flexibility index (Phi) is 7.72. The molecule has 13 heavy (non-hydrogen) atoms. The van der Waals surface area contributed by atoms with Gasteiger partial charge in [-0.3, -0.25) is 4.79 Å². The average molecular weight is 226 g/mol. The Morgan fingerprint density at radius 3 is 2.00 bits per heavy atom. The maximum absolute atomic E-state index is 10.6. The molecule has 78 valence electrons. The highest BCUT2D eigenvalue weighted by atomic mass is 35.5. The second-order valence-corrected chi connectivity index (χ2v) is 4.42. The molecular weight excluding hydrogens is 209 g/mol. The quantitative estimate of drug-likeness (QED) is 0.640. The van der Waals surface area contributed by atoms with Gasteiger partial charge in [-0.15, -0.1) is 23.2 Å². The monoisotopic (exact) mass is 225 g/mol. The van der Waals surface area contributed by atoms with Crippen molar-refractivity contribution in [2.45, 2.75) is 31.0 Å². The van der Waals surface area contributed by atoms with E-state index in [1.54, 1.807) is 0 Å². The van der Waals surface area contributed by atoms with Crippen LogP contribution in [0.25, 0.3) is 0 Å². The number of alkyl halides is 2. The van der Waals surface area contributed by atoms with Crippen LogP contribution < -0.4 is 0 Å². The van der Waals surface area contributed by atoms with E-state index in [-0.39, 0.29) is 4.84 Å². The second-order valence-electron chi connectivity index (χ2n) is 3.14. The summed E-state index contributed by atoms with van der Waals surface area (Å²) in [7, 11) is 2.05. The van der Waals surface area contributed by atoms with Crippen molar-refractivity contribution in [2.24, 2.45) is 0 Å². The highest BCUT2D eigenvalue weighted by Crippen LogP contribution is 2.03. The van der Waals surface area contributed by atoms with E-state index in [2.05, 4.69) is 4.90 Å². The van der Waals surface area contributed by atoms with E-state index in [4.69, 9.17) is 23.2 Å². The van der Waals surface area contributed by atoms with Crippen molar-refractivity contribution in [2.75, 3.05) is 20.1 Å². The van der Waals surface area contributed by atoms with Crippen molar-refractivity contribution < 1.29 is 4.79 Å². The molecule has 1 fully saturated rings. The van der Waals surface area contributed by atoms with Crippen molar-refractivity contribution >= 4 is 29.0 Å². The summed E-state index contributed by atoms with van der Waals surface area (Å²) in [6.45, 7) is 3.85. The number of likely N-dealkylation sites (tertiary alicyclic amines) is 1. The molecule has 0 aliphatic carbocycles. The van der Waals surface area contributed by atoms with Crippen molar-refractivity contribution in [1.82, 2.24) is 4.90 Å². The smallest absolute Gasteiger partial charge is 0.135 e. The zero-order valence-corrected chi connectivity index (χ0v) is 9.74. The molecule has 1 rings (SSSR count). The van der Waals surface area contributed by atoms with Crippen LogP contribution in [-0.4, -0.2) is 35.7 Å². The molecular formula is C9H17Cl2NO. The molecule has 0 saturated carbocycles. The zero-order chi connectivity index (χ0) is 10.3. The number of carbonyl (C=O) groups is 1. The lowest BCUT2D eigenvalue weighted by molar-refractivity contribution is -0.121. The Morgan fingerprint density at radius 2 is 1.77 bits per heavy atom. The largest absolute Gasteiger partial charge is 0.305 e. The van der Waals surface area contributed by atoms with Gasteiger partial charge in [-0.05, 0) is 13.5 Å². The Bertz CT molecular complexity index is 141. The fourth-order valence-electron chi connectivity index (χ4n) is 0.868. The first-order valence-electron chi connectivity index (χ1n) is 4.54. The number of nitrogens with zero attached hydrogens (tertiary/aromatic N) is 1. The molecule has 0 aromatic carbocycles. The van der Waals surface area contributed by atoms with E-state index in [9.17, 15) is 4.79 Å². The third-order valence-corrected chi connectivity index (χ3v) is 2.47. The van der Waals surface area contributed by atoms with Crippen LogP contribution in [0.2, 0.25) is 0 Å². The van der Waals surface area contributed by atoms with E-state index in [1.165, 1.54) is 0 Å². The van der Waals surface area contributed by atoms with Crippen LogP contribution in [0.3, 0.4) is 0 Å². The van der Waals surface area contributed by atoms with Crippen LogP contribution in [-0.2, 0) is 4.79 Å². The van der Waals surface area contributed by atoms with E-state index in [0.29, 0.717) is 5.78 Å². The van der Waals surface area contributed by atoms with Crippen molar-refractivity contribution in [3.63, 3.8) is 0 Å². The first-order chi connectivity index (χ1) is 6.06. The summed E-state index contributed by atoms with van der Waals surface area (Å²) in [5.41, 5.74) is 0. The lowest BCUT2D eigenvalue weighted by Gasteiger charge is -2.19. The summed E-state index contributed by atoms with van der Waals surface area (Å²) in [5.74, 6) is 0.420. The molecule has 0 unspecified atom stereocenters. The summed E-state index contributed by atoms with van der Waals surface area (Å²) in [6, 6.07) is 0. The molecule has 1 saturated heterocycles. The summed E-state index contributed by atoms with van der Waals surface area (Å²) in [5, 5.41) is 0. The van der Waals surface area contributed by atoms with E-state index < -0.39 is 0 Å². The van der Waals surface area contributed by atoms with Gasteiger partial charge in [0.1, 0.15) is 10.6 Å². The van der Waals surface area contributed by atoms with Gasteiger partial charge in [-0.1, -0.05) is 6.92 Å². The first kappa shape index (κ1) is 13.2. The molecule has 0 bridgehead atoms. The summed E-state index contributed by atoms with van der Waals surface area (Å²) in [4.78, 5) is 12.6. The number of ketones is 1. The number of carbonyl (C=O) groups excluding carboxylic acids is 1. The average Bonchev–Trinajstić information content (AvgIpc) is 2.11. The van der Waals surface area contributed by atoms with Gasteiger partial charge >= 0.3 is 0 Å². The third-order valence-electron chi connectivity index (χ3n) is 1.85. The minimum Gasteiger partial charge on any atom is -0.305 e. The predicted molar refractivity (Wildman–Crippen MR) is 57.5 cm³/mol. The lowest BCUT2D eigenvalue weighted by Crippen LogP contribution is -2.29. The molecule has 0 aromatic heterocycles. The van der Waals surface area contributed by atoms with Crippen molar-refractivity contribution in [3.8, 4) is 0 Å². The summed E-state index contributed by atoms with van der Waals surface area (Å²) < 4.78 is 0. The van der Waals surface area contributed by atoms with Gasteiger partial charge < -0.3 is 4.90 Å². The Hall–Kier alpha value is 0.210. The van der Waals surface area contributed by atoms with Gasteiger partial charge in [0, 0.05) is 25.9 Å². The van der Waals surface area contributed by atoms with Crippen LogP contribution in [0.15, 0.2) is 0 Å². The Balaban J connectivity index is 0.000000252. The van der Waals surface area contributed by atoms with Crippen molar-refractivity contribution in [3.05, 3.63) is 0 Å². The fourth-order valence-corrected chi connectivity index (χ4v) is 0.868. The van der Waals surface area contributed by atoms with Crippen LogP contribution in [0.4, 0.5) is 0 Å². The standard InChI is InChI=1S/C6H11NO.C3H6Cl2/c1-7-4-2-6(8)3-5-7;1-2-3(4)5/h2-5H2,1H3;3H,2H2,1H3. The molecule has 0 spiro atoms. The maximum Gasteiger partial charge on any atom is 0.135 e. The zero-order valence-electron chi connectivity index (χ0n) is 8.22. The first-order valence-corrected chi connectivity index (χ1v) is 5.42. The van der Waals surface area contributed by atoms with Gasteiger partial charge in [-0.2, -0.15) is 0 Å². The highest BCUT2D eigenvalue weighted by Gasteiger charge is 2.10. The third kappa shape index (κ3) is 8.54.